The Morgan fingerprint density at radius 2 is 2.00 bits per heavy atom. The molecule has 1 aliphatic carbocycles. The maximum atomic E-state index is 6.07. The van der Waals surface area contributed by atoms with E-state index in [0.29, 0.717) is 11.1 Å². The van der Waals surface area contributed by atoms with Crippen LogP contribution in [0.4, 0.5) is 5.82 Å². The van der Waals surface area contributed by atoms with Gasteiger partial charge >= 0.3 is 0 Å². The van der Waals surface area contributed by atoms with Gasteiger partial charge in [-0.05, 0) is 31.0 Å². The van der Waals surface area contributed by atoms with Crippen molar-refractivity contribution in [2.45, 2.75) is 38.1 Å². The number of nitrogens with one attached hydrogen (secondary N) is 1. The third-order valence-electron chi connectivity index (χ3n) is 4.16. The number of hydrogen-bond acceptors (Lipinski definition) is 4. The molecule has 0 spiro atoms. The Morgan fingerprint density at radius 3 is 2.86 bits per heavy atom. The van der Waals surface area contributed by atoms with Crippen molar-refractivity contribution in [2.75, 3.05) is 5.32 Å². The third kappa shape index (κ3) is 2.33. The topological polar surface area (TPSA) is 51.0 Å². The van der Waals surface area contributed by atoms with Crippen LogP contribution in [0, 0.1) is 0 Å². The molecule has 1 fully saturated rings. The molecular formula is C16H16ClN3O. The summed E-state index contributed by atoms with van der Waals surface area (Å²) in [7, 11) is 0. The number of furan rings is 1. The summed E-state index contributed by atoms with van der Waals surface area (Å²) in [6.45, 7) is 0. The Bertz CT molecular complexity index is 793. The van der Waals surface area contributed by atoms with Crippen molar-refractivity contribution < 1.29 is 4.42 Å². The molecule has 108 valence electrons. The molecule has 0 saturated heterocycles. The number of nitrogens with zero attached hydrogens (tertiary/aromatic N) is 2. The van der Waals surface area contributed by atoms with Crippen LogP contribution in [0.3, 0.4) is 0 Å². The lowest BCUT2D eigenvalue weighted by molar-refractivity contribution is 0.461. The number of aromatic nitrogens is 2. The van der Waals surface area contributed by atoms with Crippen molar-refractivity contribution in [3.63, 3.8) is 0 Å². The molecule has 0 bridgehead atoms. The largest absolute Gasteiger partial charge is 0.450 e. The first-order chi connectivity index (χ1) is 10.3. The van der Waals surface area contributed by atoms with Crippen molar-refractivity contribution in [3.8, 4) is 0 Å². The van der Waals surface area contributed by atoms with Gasteiger partial charge in [-0.1, -0.05) is 30.9 Å². The molecule has 3 aromatic rings. The number of fused-ring (bicyclic) bond motifs is 3. The van der Waals surface area contributed by atoms with Crippen LogP contribution in [0.5, 0.6) is 0 Å². The van der Waals surface area contributed by atoms with Crippen molar-refractivity contribution >= 4 is 39.5 Å². The maximum absolute atomic E-state index is 6.07. The highest BCUT2D eigenvalue weighted by atomic mass is 35.5. The zero-order valence-corrected chi connectivity index (χ0v) is 12.4. The SMILES string of the molecule is Clc1ccc2oc3c(NC4CCCCC4)ncnc3c2c1. The van der Waals surface area contributed by atoms with E-state index in [1.807, 2.05) is 18.2 Å². The predicted molar refractivity (Wildman–Crippen MR) is 84.8 cm³/mol. The molecule has 0 amide bonds. The average molecular weight is 302 g/mol. The molecule has 4 nitrogen and oxygen atoms in total. The van der Waals surface area contributed by atoms with Gasteiger partial charge in [0.1, 0.15) is 17.4 Å². The molecule has 0 atom stereocenters. The smallest absolute Gasteiger partial charge is 0.196 e. The molecule has 0 radical (unpaired) electrons. The molecule has 0 unspecified atom stereocenters. The number of hydrogen-bond donors (Lipinski definition) is 1. The van der Waals surface area contributed by atoms with Crippen LogP contribution < -0.4 is 5.32 Å². The van der Waals surface area contributed by atoms with E-state index >= 15 is 0 Å². The summed E-state index contributed by atoms with van der Waals surface area (Å²) in [6, 6.07) is 6.08. The van der Waals surface area contributed by atoms with Crippen molar-refractivity contribution in [1.29, 1.82) is 0 Å². The Morgan fingerprint density at radius 1 is 1.14 bits per heavy atom. The van der Waals surface area contributed by atoms with E-state index in [1.165, 1.54) is 32.1 Å². The fourth-order valence-corrected chi connectivity index (χ4v) is 3.26. The Kier molecular flexibility index (Phi) is 3.19. The summed E-state index contributed by atoms with van der Waals surface area (Å²) in [5, 5.41) is 5.14. The first-order valence-electron chi connectivity index (χ1n) is 7.40. The van der Waals surface area contributed by atoms with Crippen LogP contribution in [0.2, 0.25) is 5.02 Å². The van der Waals surface area contributed by atoms with E-state index < -0.39 is 0 Å². The van der Waals surface area contributed by atoms with Gasteiger partial charge in [-0.25, -0.2) is 9.97 Å². The molecule has 0 aliphatic heterocycles. The number of benzene rings is 1. The van der Waals surface area contributed by atoms with Crippen LogP contribution in [0.25, 0.3) is 22.1 Å². The second-order valence-electron chi connectivity index (χ2n) is 5.62. The summed E-state index contributed by atoms with van der Waals surface area (Å²) in [5.74, 6) is 0.791. The van der Waals surface area contributed by atoms with E-state index in [1.54, 1.807) is 6.33 Å². The Labute approximate surface area is 127 Å². The van der Waals surface area contributed by atoms with Crippen LogP contribution in [-0.2, 0) is 0 Å². The molecule has 1 saturated carbocycles. The first-order valence-corrected chi connectivity index (χ1v) is 7.78. The van der Waals surface area contributed by atoms with Gasteiger partial charge in [-0.2, -0.15) is 0 Å². The van der Waals surface area contributed by atoms with E-state index in [0.717, 1.165) is 27.9 Å². The van der Waals surface area contributed by atoms with Gasteiger partial charge in [-0.15, -0.1) is 0 Å². The van der Waals surface area contributed by atoms with E-state index in [9.17, 15) is 0 Å². The van der Waals surface area contributed by atoms with Crippen LogP contribution >= 0.6 is 11.6 Å². The van der Waals surface area contributed by atoms with Crippen molar-refractivity contribution in [3.05, 3.63) is 29.5 Å². The second kappa shape index (κ2) is 5.19. The van der Waals surface area contributed by atoms with Gasteiger partial charge < -0.3 is 9.73 Å². The minimum atomic E-state index is 0.480. The van der Waals surface area contributed by atoms with Crippen molar-refractivity contribution in [1.82, 2.24) is 9.97 Å². The highest BCUT2D eigenvalue weighted by molar-refractivity contribution is 6.31. The van der Waals surface area contributed by atoms with E-state index in [-0.39, 0.29) is 0 Å². The zero-order chi connectivity index (χ0) is 14.2. The van der Waals surface area contributed by atoms with Crippen LogP contribution in [-0.4, -0.2) is 16.0 Å². The van der Waals surface area contributed by atoms with Gasteiger partial charge in [0.2, 0.25) is 0 Å². The van der Waals surface area contributed by atoms with Crippen molar-refractivity contribution in [2.24, 2.45) is 0 Å². The summed E-state index contributed by atoms with van der Waals surface area (Å²) >= 11 is 6.07. The van der Waals surface area contributed by atoms with Crippen LogP contribution in [0.15, 0.2) is 28.9 Å². The molecule has 2 aromatic heterocycles. The molecular weight excluding hydrogens is 286 g/mol. The van der Waals surface area contributed by atoms with Gasteiger partial charge in [0.15, 0.2) is 11.4 Å². The maximum Gasteiger partial charge on any atom is 0.196 e. The van der Waals surface area contributed by atoms with Crippen LogP contribution in [0.1, 0.15) is 32.1 Å². The molecule has 21 heavy (non-hydrogen) atoms. The van der Waals surface area contributed by atoms with Gasteiger partial charge in [0.05, 0.1) is 0 Å². The molecule has 1 aliphatic rings. The van der Waals surface area contributed by atoms with E-state index in [2.05, 4.69) is 15.3 Å². The molecule has 5 heteroatoms. The van der Waals surface area contributed by atoms with E-state index in [4.69, 9.17) is 16.0 Å². The first kappa shape index (κ1) is 12.9. The fraction of sp³-hybridized carbons (Fsp3) is 0.375. The van der Waals surface area contributed by atoms with Gasteiger partial charge in [-0.3, -0.25) is 0 Å². The minimum Gasteiger partial charge on any atom is -0.450 e. The zero-order valence-electron chi connectivity index (χ0n) is 11.6. The summed E-state index contributed by atoms with van der Waals surface area (Å²) in [4.78, 5) is 8.73. The fourth-order valence-electron chi connectivity index (χ4n) is 3.09. The third-order valence-corrected chi connectivity index (χ3v) is 4.39. The average Bonchev–Trinajstić information content (AvgIpc) is 2.88. The molecule has 4 rings (SSSR count). The van der Waals surface area contributed by atoms with Gasteiger partial charge in [0, 0.05) is 16.5 Å². The summed E-state index contributed by atoms with van der Waals surface area (Å²) in [5.41, 5.74) is 2.34. The normalized spacial score (nSPS) is 16.6. The number of anilines is 1. The Hall–Kier alpha value is -1.81. The lowest BCUT2D eigenvalue weighted by Gasteiger charge is -2.23. The quantitative estimate of drug-likeness (QED) is 0.740. The lowest BCUT2D eigenvalue weighted by Crippen LogP contribution is -2.22. The standard InChI is InChI=1S/C16H16ClN3O/c17-10-6-7-13-12(8-10)14-15(21-13)16(19-9-18-14)20-11-4-2-1-3-5-11/h6-9,11H,1-5H2,(H,18,19,20). The molecule has 1 N–H and O–H groups in total. The predicted octanol–water partition coefficient (Wildman–Crippen LogP) is 4.77. The monoisotopic (exact) mass is 301 g/mol. The molecule has 2 heterocycles. The highest BCUT2D eigenvalue weighted by Crippen LogP contribution is 2.33. The summed E-state index contributed by atoms with van der Waals surface area (Å²) in [6.07, 6.45) is 7.86. The molecule has 1 aromatic carbocycles. The second-order valence-corrected chi connectivity index (χ2v) is 6.06. The number of halogens is 1. The summed E-state index contributed by atoms with van der Waals surface area (Å²) < 4.78 is 5.93. The lowest BCUT2D eigenvalue weighted by atomic mass is 9.95. The Balaban J connectivity index is 1.80. The number of rotatable bonds is 2. The highest BCUT2D eigenvalue weighted by Gasteiger charge is 2.18. The minimum absolute atomic E-state index is 0.480. The van der Waals surface area contributed by atoms with Gasteiger partial charge in [0.25, 0.3) is 0 Å².